The van der Waals surface area contributed by atoms with E-state index >= 15 is 0 Å². The summed E-state index contributed by atoms with van der Waals surface area (Å²) in [7, 11) is 0. The third kappa shape index (κ3) is 4.22. The molecule has 0 atom stereocenters. The summed E-state index contributed by atoms with van der Waals surface area (Å²) >= 11 is 5.82. The first-order chi connectivity index (χ1) is 10.8. The largest absolute Gasteiger partial charge is 0.464 e. The van der Waals surface area contributed by atoms with E-state index in [-0.39, 0.29) is 30.5 Å². The molecule has 0 radical (unpaired) electrons. The third-order valence-electron chi connectivity index (χ3n) is 3.03. The molecule has 1 aromatic rings. The van der Waals surface area contributed by atoms with E-state index in [1.807, 2.05) is 0 Å². The lowest BCUT2D eigenvalue weighted by Crippen LogP contribution is -2.62. The molecule has 0 aliphatic heterocycles. The first kappa shape index (κ1) is 19.0. The van der Waals surface area contributed by atoms with E-state index in [1.54, 1.807) is 20.8 Å². The highest BCUT2D eigenvalue weighted by atomic mass is 35.5. The van der Waals surface area contributed by atoms with Crippen molar-refractivity contribution in [3.05, 3.63) is 16.5 Å². The number of esters is 2. The lowest BCUT2D eigenvalue weighted by Gasteiger charge is -2.28. The van der Waals surface area contributed by atoms with E-state index in [4.69, 9.17) is 25.6 Å². The number of ether oxygens (including phenoxy) is 2. The van der Waals surface area contributed by atoms with Gasteiger partial charge in [-0.1, -0.05) is 16.8 Å². The molecule has 1 rings (SSSR count). The molecular weight excluding hydrogens is 328 g/mol. The zero-order valence-electron chi connectivity index (χ0n) is 13.4. The van der Waals surface area contributed by atoms with Gasteiger partial charge >= 0.3 is 11.9 Å². The average Bonchev–Trinajstić information content (AvgIpc) is 2.78. The van der Waals surface area contributed by atoms with Gasteiger partial charge in [0.05, 0.1) is 19.6 Å². The number of carbonyl (C=O) groups excluding carboxylic acids is 3. The maximum absolute atomic E-state index is 12.4. The van der Waals surface area contributed by atoms with Crippen molar-refractivity contribution in [3.8, 4) is 0 Å². The predicted octanol–water partition coefficient (Wildman–Crippen LogP) is 1.18. The number of nitrogens with zero attached hydrogens (tertiary/aromatic N) is 1. The highest BCUT2D eigenvalue weighted by Crippen LogP contribution is 2.24. The molecule has 0 saturated heterocycles. The topological polar surface area (TPSA) is 108 Å². The second kappa shape index (κ2) is 7.96. The Labute approximate surface area is 138 Å². The van der Waals surface area contributed by atoms with E-state index in [2.05, 4.69) is 10.5 Å². The average molecular weight is 347 g/mol. The fraction of sp³-hybridized carbons (Fsp3) is 0.571. The van der Waals surface area contributed by atoms with Crippen molar-refractivity contribution in [1.29, 1.82) is 0 Å². The van der Waals surface area contributed by atoms with E-state index in [1.165, 1.54) is 6.92 Å². The highest BCUT2D eigenvalue weighted by Gasteiger charge is 2.51. The lowest BCUT2D eigenvalue weighted by molar-refractivity contribution is -0.168. The van der Waals surface area contributed by atoms with Crippen LogP contribution in [0.1, 0.15) is 32.1 Å². The van der Waals surface area contributed by atoms with Crippen LogP contribution in [0, 0.1) is 6.92 Å². The molecule has 1 amide bonds. The third-order valence-corrected chi connectivity index (χ3v) is 3.38. The maximum atomic E-state index is 12.4. The van der Waals surface area contributed by atoms with E-state index in [0.717, 1.165) is 0 Å². The van der Waals surface area contributed by atoms with Gasteiger partial charge in [-0.15, -0.1) is 0 Å². The highest BCUT2D eigenvalue weighted by molar-refractivity contribution is 6.30. The zero-order valence-corrected chi connectivity index (χ0v) is 14.2. The maximum Gasteiger partial charge on any atom is 0.344 e. The van der Waals surface area contributed by atoms with Crippen molar-refractivity contribution in [2.24, 2.45) is 0 Å². The fourth-order valence-corrected chi connectivity index (χ4v) is 2.08. The van der Waals surface area contributed by atoms with Crippen LogP contribution in [0.4, 0.5) is 0 Å². The molecule has 128 valence electrons. The molecule has 23 heavy (non-hydrogen) atoms. The Morgan fingerprint density at radius 2 is 1.74 bits per heavy atom. The summed E-state index contributed by atoms with van der Waals surface area (Å²) in [5.74, 6) is -2.32. The molecule has 0 aromatic carbocycles. The molecule has 0 aliphatic carbocycles. The Morgan fingerprint density at radius 1 is 1.22 bits per heavy atom. The Hall–Kier alpha value is -2.09. The first-order valence-corrected chi connectivity index (χ1v) is 7.40. The molecule has 0 spiro atoms. The quantitative estimate of drug-likeness (QED) is 0.583. The number of rotatable bonds is 7. The van der Waals surface area contributed by atoms with Crippen molar-refractivity contribution >= 4 is 29.4 Å². The van der Waals surface area contributed by atoms with Crippen LogP contribution in [0.3, 0.4) is 0 Å². The molecule has 1 N–H and O–H groups in total. The zero-order chi connectivity index (χ0) is 17.6. The van der Waals surface area contributed by atoms with Gasteiger partial charge in [0.15, 0.2) is 5.15 Å². The number of nitrogens with one attached hydrogen (secondary N) is 1. The number of hydrogen-bond donors (Lipinski definition) is 1. The van der Waals surface area contributed by atoms with Gasteiger partial charge in [0.1, 0.15) is 5.76 Å². The van der Waals surface area contributed by atoms with Gasteiger partial charge in [0.25, 0.3) is 0 Å². The Bertz CT molecular complexity index is 580. The molecule has 1 aromatic heterocycles. The van der Waals surface area contributed by atoms with Crippen molar-refractivity contribution < 1.29 is 28.4 Å². The summed E-state index contributed by atoms with van der Waals surface area (Å²) in [6.07, 6.45) is -0.324. The van der Waals surface area contributed by atoms with Gasteiger partial charge < -0.3 is 19.3 Å². The van der Waals surface area contributed by atoms with Crippen LogP contribution < -0.4 is 5.32 Å². The van der Waals surface area contributed by atoms with Crippen LogP contribution in [0.15, 0.2) is 4.52 Å². The summed E-state index contributed by atoms with van der Waals surface area (Å²) in [6, 6.07) is 0. The molecule has 9 heteroatoms. The molecule has 0 saturated carbocycles. The van der Waals surface area contributed by atoms with Gasteiger partial charge in [-0.3, -0.25) is 4.79 Å². The lowest BCUT2D eigenvalue weighted by atomic mass is 9.92. The van der Waals surface area contributed by atoms with E-state index in [9.17, 15) is 14.4 Å². The van der Waals surface area contributed by atoms with Crippen molar-refractivity contribution in [3.63, 3.8) is 0 Å². The van der Waals surface area contributed by atoms with Gasteiger partial charge in [0.2, 0.25) is 11.4 Å². The number of halogens is 1. The monoisotopic (exact) mass is 346 g/mol. The fourth-order valence-electron chi connectivity index (χ4n) is 1.94. The molecule has 0 unspecified atom stereocenters. The summed E-state index contributed by atoms with van der Waals surface area (Å²) in [5.41, 5.74) is -1.61. The molecule has 0 fully saturated rings. The molecular formula is C14H19ClN2O6. The summed E-state index contributed by atoms with van der Waals surface area (Å²) in [5, 5.41) is 5.99. The summed E-state index contributed by atoms with van der Waals surface area (Å²) in [6.45, 7) is 6.00. The number of amides is 1. The minimum absolute atomic E-state index is 0.0235. The van der Waals surface area contributed by atoms with Crippen LogP contribution in [0.2, 0.25) is 5.15 Å². The van der Waals surface area contributed by atoms with Gasteiger partial charge in [-0.05, 0) is 20.8 Å². The minimum Gasteiger partial charge on any atom is -0.464 e. The summed E-state index contributed by atoms with van der Waals surface area (Å²) in [4.78, 5) is 36.4. The van der Waals surface area contributed by atoms with Crippen LogP contribution in [0.25, 0.3) is 0 Å². The number of carbonyl (C=O) groups is 3. The SMILES string of the molecule is CCOC(=O)C(Cc1onc(Cl)c1C)(NC(C)=O)C(=O)OCC. The van der Waals surface area contributed by atoms with Gasteiger partial charge in [-0.2, -0.15) is 0 Å². The molecule has 1 heterocycles. The molecule has 0 aliphatic rings. The molecule has 8 nitrogen and oxygen atoms in total. The second-order valence-corrected chi connectivity index (χ2v) is 5.08. The van der Waals surface area contributed by atoms with Crippen molar-refractivity contribution in [2.45, 2.75) is 39.7 Å². The normalized spacial score (nSPS) is 11.0. The minimum atomic E-state index is -2.06. The van der Waals surface area contributed by atoms with Crippen molar-refractivity contribution in [1.82, 2.24) is 10.5 Å². The number of hydrogen-bond acceptors (Lipinski definition) is 7. The van der Waals surface area contributed by atoms with Crippen LogP contribution >= 0.6 is 11.6 Å². The van der Waals surface area contributed by atoms with E-state index < -0.39 is 23.4 Å². The smallest absolute Gasteiger partial charge is 0.344 e. The van der Waals surface area contributed by atoms with Crippen LogP contribution in [0.5, 0.6) is 0 Å². The summed E-state index contributed by atoms with van der Waals surface area (Å²) < 4.78 is 14.9. The Balaban J connectivity index is 3.34. The Morgan fingerprint density at radius 3 is 2.09 bits per heavy atom. The van der Waals surface area contributed by atoms with Crippen LogP contribution in [-0.2, 0) is 30.3 Å². The Kier molecular flexibility index (Phi) is 6.56. The number of aromatic nitrogens is 1. The predicted molar refractivity (Wildman–Crippen MR) is 79.8 cm³/mol. The van der Waals surface area contributed by atoms with Gasteiger partial charge in [-0.25, -0.2) is 9.59 Å². The van der Waals surface area contributed by atoms with Crippen molar-refractivity contribution in [2.75, 3.05) is 13.2 Å². The standard InChI is InChI=1S/C14H19ClN2O6/c1-5-21-12(19)14(16-9(4)18,13(20)22-6-2)7-10-8(3)11(15)17-23-10/h5-7H2,1-4H3,(H,16,18). The first-order valence-electron chi connectivity index (χ1n) is 7.02. The van der Waals surface area contributed by atoms with E-state index in [0.29, 0.717) is 5.56 Å². The molecule has 0 bridgehead atoms. The van der Waals surface area contributed by atoms with Gasteiger partial charge in [0, 0.05) is 12.5 Å². The second-order valence-electron chi connectivity index (χ2n) is 4.73. The van der Waals surface area contributed by atoms with Crippen LogP contribution in [-0.4, -0.2) is 41.8 Å².